The van der Waals surface area contributed by atoms with Crippen molar-refractivity contribution >= 4 is 18.0 Å². The van der Waals surface area contributed by atoms with Crippen LogP contribution < -0.4 is 10.6 Å². The number of hydrogen-bond donors (Lipinski definition) is 3. The van der Waals surface area contributed by atoms with Crippen molar-refractivity contribution in [3.05, 3.63) is 59.7 Å². The van der Waals surface area contributed by atoms with E-state index < -0.39 is 23.5 Å². The van der Waals surface area contributed by atoms with E-state index in [1.807, 2.05) is 24.3 Å². The van der Waals surface area contributed by atoms with Crippen LogP contribution in [0.2, 0.25) is 0 Å². The second kappa shape index (κ2) is 10.1. The number of fused-ring (bicyclic) bond motifs is 3. The molecular weight excluding hydrogens is 444 g/mol. The lowest BCUT2D eigenvalue weighted by Gasteiger charge is -2.35. The first-order chi connectivity index (χ1) is 16.6. The van der Waals surface area contributed by atoms with E-state index in [-0.39, 0.29) is 24.3 Å². The molecular formula is C28H34N2O5. The van der Waals surface area contributed by atoms with Gasteiger partial charge in [-0.1, -0.05) is 69.3 Å². The molecule has 0 aliphatic heterocycles. The van der Waals surface area contributed by atoms with E-state index in [0.29, 0.717) is 18.9 Å². The van der Waals surface area contributed by atoms with Crippen LogP contribution in [0.5, 0.6) is 0 Å². The highest BCUT2D eigenvalue weighted by Gasteiger charge is 2.35. The van der Waals surface area contributed by atoms with Gasteiger partial charge in [0.05, 0.1) is 0 Å². The van der Waals surface area contributed by atoms with Crippen molar-refractivity contribution < 1.29 is 24.2 Å². The van der Waals surface area contributed by atoms with Gasteiger partial charge < -0.3 is 20.5 Å². The molecule has 0 radical (unpaired) electrons. The van der Waals surface area contributed by atoms with Crippen LogP contribution in [0, 0.1) is 17.3 Å². The Hall–Kier alpha value is -3.35. The molecule has 4 rings (SSSR count). The molecule has 1 saturated carbocycles. The first-order valence-corrected chi connectivity index (χ1v) is 12.2. The number of carbonyl (C=O) groups excluding carboxylic acids is 2. The standard InChI is InChI=1S/C28H34N2O5/c1-28(2,3)25(26(32)33)30-24(31)14-17-12-18(13-17)15-29-27(34)35-16-23-21-10-6-4-8-19(21)20-9-5-7-11-22(20)23/h4-11,17-18,23,25H,12-16H2,1-3H3,(H,29,34)(H,30,31)(H,32,33)/t17?,18?,25-/m1/s1. The number of benzene rings is 2. The molecule has 0 spiro atoms. The average molecular weight is 479 g/mol. The number of ether oxygens (including phenoxy) is 1. The van der Waals surface area contributed by atoms with E-state index in [0.717, 1.165) is 12.8 Å². The summed E-state index contributed by atoms with van der Waals surface area (Å²) in [5.41, 5.74) is 4.19. The van der Waals surface area contributed by atoms with Crippen molar-refractivity contribution in [3.8, 4) is 11.1 Å². The van der Waals surface area contributed by atoms with Gasteiger partial charge in [-0.3, -0.25) is 4.79 Å². The Labute approximate surface area is 206 Å². The monoisotopic (exact) mass is 478 g/mol. The van der Waals surface area contributed by atoms with Gasteiger partial charge in [-0.2, -0.15) is 0 Å². The molecule has 2 aromatic rings. The summed E-state index contributed by atoms with van der Waals surface area (Å²) in [6, 6.07) is 15.5. The van der Waals surface area contributed by atoms with Gasteiger partial charge in [0.1, 0.15) is 12.6 Å². The molecule has 1 fully saturated rings. The molecule has 2 aromatic carbocycles. The zero-order valence-electron chi connectivity index (χ0n) is 20.5. The zero-order chi connectivity index (χ0) is 25.2. The van der Waals surface area contributed by atoms with Gasteiger partial charge in [0.25, 0.3) is 0 Å². The Morgan fingerprint density at radius 3 is 2.09 bits per heavy atom. The van der Waals surface area contributed by atoms with Crippen molar-refractivity contribution in [3.63, 3.8) is 0 Å². The number of aliphatic carboxylic acids is 1. The van der Waals surface area contributed by atoms with Gasteiger partial charge in [0, 0.05) is 18.9 Å². The van der Waals surface area contributed by atoms with Gasteiger partial charge in [-0.15, -0.1) is 0 Å². The number of hydrogen-bond acceptors (Lipinski definition) is 4. The SMILES string of the molecule is CC(C)(C)[C@H](NC(=O)CC1CC(CNC(=O)OCC2c3ccccc3-c3ccccc32)C1)C(=O)O. The largest absolute Gasteiger partial charge is 0.480 e. The van der Waals surface area contributed by atoms with E-state index in [4.69, 9.17) is 4.74 Å². The van der Waals surface area contributed by atoms with Gasteiger partial charge in [0.15, 0.2) is 0 Å². The molecule has 0 unspecified atom stereocenters. The van der Waals surface area contributed by atoms with Crippen molar-refractivity contribution in [2.24, 2.45) is 17.3 Å². The second-order valence-electron chi connectivity index (χ2n) is 10.8. The molecule has 7 heteroatoms. The summed E-state index contributed by atoms with van der Waals surface area (Å²) in [5.74, 6) is -0.725. The van der Waals surface area contributed by atoms with Crippen LogP contribution in [0.4, 0.5) is 4.79 Å². The number of amides is 2. The van der Waals surface area contributed by atoms with E-state index in [1.54, 1.807) is 20.8 Å². The summed E-state index contributed by atoms with van der Waals surface area (Å²) in [4.78, 5) is 36.1. The quantitative estimate of drug-likeness (QED) is 0.516. The highest BCUT2D eigenvalue weighted by atomic mass is 16.5. The molecule has 0 bridgehead atoms. The predicted molar refractivity (Wildman–Crippen MR) is 133 cm³/mol. The van der Waals surface area contributed by atoms with E-state index in [9.17, 15) is 19.5 Å². The maximum Gasteiger partial charge on any atom is 0.407 e. The Morgan fingerprint density at radius 1 is 0.971 bits per heavy atom. The van der Waals surface area contributed by atoms with Crippen LogP contribution in [0.15, 0.2) is 48.5 Å². The third-order valence-corrected chi connectivity index (χ3v) is 7.10. The minimum absolute atomic E-state index is 0.0301. The molecule has 35 heavy (non-hydrogen) atoms. The predicted octanol–water partition coefficient (Wildman–Crippen LogP) is 4.56. The summed E-state index contributed by atoms with van der Waals surface area (Å²) in [5, 5.41) is 14.9. The number of carboxylic acids is 1. The summed E-state index contributed by atoms with van der Waals surface area (Å²) < 4.78 is 5.58. The van der Waals surface area contributed by atoms with Crippen LogP contribution in [0.1, 0.15) is 57.1 Å². The maximum atomic E-state index is 12.4. The molecule has 7 nitrogen and oxygen atoms in total. The summed E-state index contributed by atoms with van der Waals surface area (Å²) in [6.45, 7) is 6.17. The highest BCUT2D eigenvalue weighted by molar-refractivity contribution is 5.84. The average Bonchev–Trinajstić information content (AvgIpc) is 3.10. The Bertz CT molecular complexity index is 1060. The minimum Gasteiger partial charge on any atom is -0.480 e. The summed E-state index contributed by atoms with van der Waals surface area (Å²) in [6.07, 6.45) is 1.53. The van der Waals surface area contributed by atoms with Gasteiger partial charge in [-0.05, 0) is 52.3 Å². The number of carboxylic acid groups (broad SMARTS) is 1. The van der Waals surface area contributed by atoms with E-state index in [1.165, 1.54) is 22.3 Å². The fourth-order valence-electron chi connectivity index (χ4n) is 5.21. The molecule has 1 atom stereocenters. The van der Waals surface area contributed by atoms with Gasteiger partial charge >= 0.3 is 12.1 Å². The molecule has 186 valence electrons. The first kappa shape index (κ1) is 24.8. The molecule has 2 aliphatic carbocycles. The second-order valence-corrected chi connectivity index (χ2v) is 10.8. The van der Waals surface area contributed by atoms with Crippen molar-refractivity contribution in [1.29, 1.82) is 0 Å². The fourth-order valence-corrected chi connectivity index (χ4v) is 5.21. The number of alkyl carbamates (subject to hydrolysis) is 1. The van der Waals surface area contributed by atoms with E-state index in [2.05, 4.69) is 34.9 Å². The lowest BCUT2D eigenvalue weighted by molar-refractivity contribution is -0.145. The summed E-state index contributed by atoms with van der Waals surface area (Å²) >= 11 is 0. The third kappa shape index (κ3) is 5.66. The molecule has 2 amide bonds. The third-order valence-electron chi connectivity index (χ3n) is 7.10. The van der Waals surface area contributed by atoms with Crippen molar-refractivity contribution in [2.75, 3.05) is 13.2 Å². The van der Waals surface area contributed by atoms with Gasteiger partial charge in [0.2, 0.25) is 5.91 Å². The van der Waals surface area contributed by atoms with Crippen LogP contribution in [-0.4, -0.2) is 42.3 Å². The number of nitrogens with one attached hydrogen (secondary N) is 2. The topological polar surface area (TPSA) is 105 Å². The minimum atomic E-state index is -1.02. The Kier molecular flexibility index (Phi) is 7.15. The zero-order valence-corrected chi connectivity index (χ0v) is 20.5. The Morgan fingerprint density at radius 2 is 1.54 bits per heavy atom. The molecule has 2 aliphatic rings. The van der Waals surface area contributed by atoms with Crippen molar-refractivity contribution in [2.45, 2.75) is 52.0 Å². The summed E-state index contributed by atoms with van der Waals surface area (Å²) in [7, 11) is 0. The first-order valence-electron chi connectivity index (χ1n) is 12.2. The van der Waals surface area contributed by atoms with Crippen LogP contribution in [0.3, 0.4) is 0 Å². The van der Waals surface area contributed by atoms with E-state index >= 15 is 0 Å². The van der Waals surface area contributed by atoms with Crippen molar-refractivity contribution in [1.82, 2.24) is 10.6 Å². The van der Waals surface area contributed by atoms with Crippen LogP contribution in [-0.2, 0) is 14.3 Å². The van der Waals surface area contributed by atoms with Crippen LogP contribution in [0.25, 0.3) is 11.1 Å². The fraction of sp³-hybridized carbons (Fsp3) is 0.464. The normalized spacial score (nSPS) is 19.6. The molecule has 3 N–H and O–H groups in total. The smallest absolute Gasteiger partial charge is 0.407 e. The highest BCUT2D eigenvalue weighted by Crippen LogP contribution is 2.44. The molecule has 0 heterocycles. The lowest BCUT2D eigenvalue weighted by atomic mass is 9.73. The molecule has 0 aromatic heterocycles. The maximum absolute atomic E-state index is 12.4. The number of carbonyl (C=O) groups is 3. The Balaban J connectivity index is 1.18. The van der Waals surface area contributed by atoms with Crippen LogP contribution >= 0.6 is 0 Å². The number of rotatable bonds is 8. The van der Waals surface area contributed by atoms with Gasteiger partial charge in [-0.25, -0.2) is 9.59 Å². The lowest BCUT2D eigenvalue weighted by Crippen LogP contribution is -2.50. The molecule has 0 saturated heterocycles.